The lowest BCUT2D eigenvalue weighted by Crippen LogP contribution is -2.14. The normalized spacial score (nSPS) is 12.2. The molecule has 1 aromatic rings. The van der Waals surface area contributed by atoms with Gasteiger partial charge in [0, 0.05) is 37.1 Å². The first-order valence-electron chi connectivity index (χ1n) is 6.27. The molecule has 0 aliphatic heterocycles. The molecule has 1 atom stereocenters. The van der Waals surface area contributed by atoms with Crippen LogP contribution in [-0.2, 0) is 4.74 Å². The molecule has 0 saturated carbocycles. The molecule has 1 unspecified atom stereocenters. The Bertz CT molecular complexity index is 374. The molecule has 0 spiro atoms. The van der Waals surface area contributed by atoms with Crippen LogP contribution in [0.4, 0.5) is 0 Å². The summed E-state index contributed by atoms with van der Waals surface area (Å²) in [5.74, 6) is 3.48. The Labute approximate surface area is 119 Å². The van der Waals surface area contributed by atoms with Crippen LogP contribution in [0.15, 0.2) is 18.2 Å². The van der Waals surface area contributed by atoms with Crippen molar-refractivity contribution in [3.63, 3.8) is 0 Å². The molecule has 0 amide bonds. The molecule has 5 heteroatoms. The first kappa shape index (κ1) is 16.1. The van der Waals surface area contributed by atoms with Crippen LogP contribution in [0.3, 0.4) is 0 Å². The van der Waals surface area contributed by atoms with Crippen molar-refractivity contribution < 1.29 is 14.2 Å². The second-order valence-corrected chi connectivity index (χ2v) is 5.29. The van der Waals surface area contributed by atoms with Gasteiger partial charge in [0.15, 0.2) is 0 Å². The van der Waals surface area contributed by atoms with Crippen molar-refractivity contribution in [2.24, 2.45) is 5.73 Å². The van der Waals surface area contributed by atoms with Crippen molar-refractivity contribution in [3.8, 4) is 11.5 Å². The van der Waals surface area contributed by atoms with E-state index >= 15 is 0 Å². The second-order valence-electron chi connectivity index (χ2n) is 4.14. The summed E-state index contributed by atoms with van der Waals surface area (Å²) in [6, 6.07) is 5.71. The largest absolute Gasteiger partial charge is 0.497 e. The van der Waals surface area contributed by atoms with E-state index in [1.807, 2.05) is 30.0 Å². The number of hydrogen-bond acceptors (Lipinski definition) is 5. The first-order chi connectivity index (χ1) is 9.22. The predicted molar refractivity (Wildman–Crippen MR) is 80.3 cm³/mol. The van der Waals surface area contributed by atoms with E-state index in [-0.39, 0.29) is 6.04 Å². The molecule has 19 heavy (non-hydrogen) atoms. The number of methoxy groups -OCH3 is 3. The molecule has 0 aliphatic rings. The Kier molecular flexibility index (Phi) is 7.70. The molecule has 0 fully saturated rings. The Morgan fingerprint density at radius 2 is 2.00 bits per heavy atom. The van der Waals surface area contributed by atoms with Gasteiger partial charge in [-0.1, -0.05) is 6.07 Å². The molecular formula is C14H23NO3S. The minimum Gasteiger partial charge on any atom is -0.497 e. The summed E-state index contributed by atoms with van der Waals surface area (Å²) in [5, 5.41) is 0. The lowest BCUT2D eigenvalue weighted by Gasteiger charge is -2.16. The van der Waals surface area contributed by atoms with Crippen molar-refractivity contribution in [2.45, 2.75) is 12.5 Å². The van der Waals surface area contributed by atoms with Crippen molar-refractivity contribution in [2.75, 3.05) is 39.4 Å². The van der Waals surface area contributed by atoms with E-state index in [1.54, 1.807) is 21.3 Å². The maximum absolute atomic E-state index is 6.20. The molecule has 0 saturated heterocycles. The minimum atomic E-state index is -0.0339. The lowest BCUT2D eigenvalue weighted by molar-refractivity contribution is 0.200. The van der Waals surface area contributed by atoms with Gasteiger partial charge in [-0.3, -0.25) is 0 Å². The van der Waals surface area contributed by atoms with Crippen molar-refractivity contribution in [1.29, 1.82) is 0 Å². The highest BCUT2D eigenvalue weighted by Gasteiger charge is 2.12. The number of benzene rings is 1. The number of rotatable bonds is 9. The van der Waals surface area contributed by atoms with Gasteiger partial charge in [0.25, 0.3) is 0 Å². The number of ether oxygens (including phenoxy) is 3. The second kappa shape index (κ2) is 9.07. The fourth-order valence-electron chi connectivity index (χ4n) is 1.73. The summed E-state index contributed by atoms with van der Waals surface area (Å²) < 4.78 is 15.6. The quantitative estimate of drug-likeness (QED) is 0.706. The maximum Gasteiger partial charge on any atom is 0.127 e. The average Bonchev–Trinajstić information content (AvgIpc) is 2.46. The zero-order valence-electron chi connectivity index (χ0n) is 11.8. The molecule has 0 aliphatic carbocycles. The first-order valence-corrected chi connectivity index (χ1v) is 7.42. The summed E-state index contributed by atoms with van der Waals surface area (Å²) in [6.45, 7) is 0.800. The van der Waals surface area contributed by atoms with Crippen molar-refractivity contribution >= 4 is 11.8 Å². The standard InChI is InChI=1S/C14H23NO3S/c1-16-7-4-8-19-10-13(15)12-6-5-11(17-2)9-14(12)18-3/h5-6,9,13H,4,7-8,10,15H2,1-3H3. The van der Waals surface area contributed by atoms with Crippen molar-refractivity contribution in [1.82, 2.24) is 0 Å². The molecular weight excluding hydrogens is 262 g/mol. The summed E-state index contributed by atoms with van der Waals surface area (Å²) in [7, 11) is 5.01. The molecule has 0 bridgehead atoms. The van der Waals surface area contributed by atoms with Crippen LogP contribution in [0.2, 0.25) is 0 Å². The fourth-order valence-corrected chi connectivity index (χ4v) is 2.65. The van der Waals surface area contributed by atoms with Gasteiger partial charge in [-0.2, -0.15) is 11.8 Å². The van der Waals surface area contributed by atoms with Crippen LogP contribution in [0.25, 0.3) is 0 Å². The Morgan fingerprint density at radius 3 is 2.63 bits per heavy atom. The van der Waals surface area contributed by atoms with Crippen LogP contribution in [-0.4, -0.2) is 39.4 Å². The van der Waals surface area contributed by atoms with Crippen LogP contribution >= 0.6 is 11.8 Å². The van der Waals surface area contributed by atoms with E-state index in [4.69, 9.17) is 19.9 Å². The summed E-state index contributed by atoms with van der Waals surface area (Å²) in [6.07, 6.45) is 1.05. The third-order valence-electron chi connectivity index (χ3n) is 2.77. The highest BCUT2D eigenvalue weighted by molar-refractivity contribution is 7.99. The highest BCUT2D eigenvalue weighted by Crippen LogP contribution is 2.30. The number of thioether (sulfide) groups is 1. The molecule has 2 N–H and O–H groups in total. The van der Waals surface area contributed by atoms with Gasteiger partial charge >= 0.3 is 0 Å². The lowest BCUT2D eigenvalue weighted by atomic mass is 10.1. The molecule has 1 aromatic carbocycles. The SMILES string of the molecule is COCCCSCC(N)c1ccc(OC)cc1OC. The zero-order chi connectivity index (χ0) is 14.1. The topological polar surface area (TPSA) is 53.7 Å². The van der Waals surface area contributed by atoms with Gasteiger partial charge in [0.2, 0.25) is 0 Å². The maximum atomic E-state index is 6.20. The Balaban J connectivity index is 2.53. The van der Waals surface area contributed by atoms with E-state index in [1.165, 1.54) is 0 Å². The zero-order valence-corrected chi connectivity index (χ0v) is 12.7. The molecule has 108 valence electrons. The van der Waals surface area contributed by atoms with Crippen LogP contribution in [0.5, 0.6) is 11.5 Å². The van der Waals surface area contributed by atoms with E-state index in [0.717, 1.165) is 41.6 Å². The van der Waals surface area contributed by atoms with Crippen LogP contribution in [0.1, 0.15) is 18.0 Å². The van der Waals surface area contributed by atoms with Gasteiger partial charge in [-0.05, 0) is 18.2 Å². The number of nitrogens with two attached hydrogens (primary N) is 1. The van der Waals surface area contributed by atoms with Gasteiger partial charge in [-0.25, -0.2) is 0 Å². The third-order valence-corrected chi connectivity index (χ3v) is 3.95. The summed E-state index contributed by atoms with van der Waals surface area (Å²) in [5.41, 5.74) is 7.22. The molecule has 0 aromatic heterocycles. The monoisotopic (exact) mass is 285 g/mol. The van der Waals surface area contributed by atoms with Gasteiger partial charge in [-0.15, -0.1) is 0 Å². The van der Waals surface area contributed by atoms with E-state index in [0.29, 0.717) is 0 Å². The Hall–Kier alpha value is -0.910. The molecule has 0 radical (unpaired) electrons. The average molecular weight is 285 g/mol. The predicted octanol–water partition coefficient (Wildman–Crippen LogP) is 2.47. The third kappa shape index (κ3) is 5.30. The van der Waals surface area contributed by atoms with Gasteiger partial charge in [0.1, 0.15) is 11.5 Å². The van der Waals surface area contributed by atoms with Crippen molar-refractivity contribution in [3.05, 3.63) is 23.8 Å². The summed E-state index contributed by atoms with van der Waals surface area (Å²) >= 11 is 1.83. The highest BCUT2D eigenvalue weighted by atomic mass is 32.2. The number of hydrogen-bond donors (Lipinski definition) is 1. The molecule has 0 heterocycles. The minimum absolute atomic E-state index is 0.0339. The fraction of sp³-hybridized carbons (Fsp3) is 0.571. The van der Waals surface area contributed by atoms with E-state index in [9.17, 15) is 0 Å². The van der Waals surface area contributed by atoms with E-state index in [2.05, 4.69) is 0 Å². The Morgan fingerprint density at radius 1 is 1.21 bits per heavy atom. The van der Waals surface area contributed by atoms with Crippen LogP contribution in [0, 0.1) is 0 Å². The van der Waals surface area contributed by atoms with Crippen LogP contribution < -0.4 is 15.2 Å². The smallest absolute Gasteiger partial charge is 0.127 e. The van der Waals surface area contributed by atoms with E-state index < -0.39 is 0 Å². The summed E-state index contributed by atoms with van der Waals surface area (Å²) in [4.78, 5) is 0. The van der Waals surface area contributed by atoms with Gasteiger partial charge in [0.05, 0.1) is 14.2 Å². The van der Waals surface area contributed by atoms with Gasteiger partial charge < -0.3 is 19.9 Å². The molecule has 4 nitrogen and oxygen atoms in total. The molecule has 1 rings (SSSR count).